The van der Waals surface area contributed by atoms with Crippen molar-refractivity contribution in [2.45, 2.75) is 12.8 Å². The third kappa shape index (κ3) is 4.26. The lowest BCUT2D eigenvalue weighted by Gasteiger charge is -2.15. The van der Waals surface area contributed by atoms with Crippen LogP contribution in [0.15, 0.2) is 73.7 Å². The van der Waals surface area contributed by atoms with E-state index < -0.39 is 0 Å². The highest BCUT2D eigenvalue weighted by atomic mass is 16.5. The summed E-state index contributed by atoms with van der Waals surface area (Å²) in [5, 5.41) is 9.65. The van der Waals surface area contributed by atoms with Gasteiger partial charge in [0.2, 0.25) is 0 Å². The molecule has 1 aliphatic rings. The average molecular weight is 503 g/mol. The Hall–Kier alpha value is -4.63. The maximum absolute atomic E-state index is 6.02. The summed E-state index contributed by atoms with van der Waals surface area (Å²) in [4.78, 5) is 23.7. The number of aromatic amines is 2. The van der Waals surface area contributed by atoms with Crippen molar-refractivity contribution in [2.24, 2.45) is 0 Å². The smallest absolute Gasteiger partial charge is 0.155 e. The molecule has 188 valence electrons. The number of nitrogens with one attached hydrogen (secondary N) is 2. The second-order valence-corrected chi connectivity index (χ2v) is 9.57. The molecule has 0 aliphatic carbocycles. The fourth-order valence-electron chi connectivity index (χ4n) is 5.15. The van der Waals surface area contributed by atoms with Crippen molar-refractivity contribution in [1.29, 1.82) is 0 Å². The van der Waals surface area contributed by atoms with Crippen LogP contribution in [0.25, 0.3) is 55.6 Å². The van der Waals surface area contributed by atoms with Gasteiger partial charge in [0.15, 0.2) is 5.65 Å². The second-order valence-electron chi connectivity index (χ2n) is 9.57. The number of likely N-dealkylation sites (tertiary alicyclic amines) is 1. The molecule has 0 spiro atoms. The Morgan fingerprint density at radius 1 is 0.842 bits per heavy atom. The van der Waals surface area contributed by atoms with E-state index in [1.54, 1.807) is 12.4 Å². The minimum atomic E-state index is 0.657. The van der Waals surface area contributed by atoms with Crippen molar-refractivity contribution in [3.05, 3.63) is 73.7 Å². The fraction of sp³-hybridized carbons (Fsp3) is 0.207. The Kier molecular flexibility index (Phi) is 5.75. The quantitative estimate of drug-likeness (QED) is 0.313. The molecule has 0 bridgehead atoms. The number of ether oxygens (including phenoxy) is 1. The lowest BCUT2D eigenvalue weighted by atomic mass is 10.1. The van der Waals surface area contributed by atoms with Gasteiger partial charge in [0.25, 0.3) is 0 Å². The van der Waals surface area contributed by atoms with E-state index in [9.17, 15) is 0 Å². The Balaban J connectivity index is 1.20. The molecule has 1 fully saturated rings. The molecule has 1 saturated heterocycles. The first kappa shape index (κ1) is 22.6. The molecule has 0 saturated carbocycles. The molecular weight excluding hydrogens is 476 g/mol. The predicted molar refractivity (Wildman–Crippen MR) is 147 cm³/mol. The normalized spacial score (nSPS) is 14.0. The molecule has 0 amide bonds. The van der Waals surface area contributed by atoms with Gasteiger partial charge in [0, 0.05) is 70.6 Å². The van der Waals surface area contributed by atoms with Crippen LogP contribution in [0.3, 0.4) is 0 Å². The molecule has 6 aromatic rings. The molecule has 7 rings (SSSR count). The van der Waals surface area contributed by atoms with E-state index in [4.69, 9.17) is 4.74 Å². The zero-order valence-electron chi connectivity index (χ0n) is 20.8. The van der Waals surface area contributed by atoms with Crippen LogP contribution in [0.4, 0.5) is 0 Å². The van der Waals surface area contributed by atoms with Crippen LogP contribution in [0, 0.1) is 0 Å². The third-order valence-electron chi connectivity index (χ3n) is 7.11. The summed E-state index contributed by atoms with van der Waals surface area (Å²) in [5.74, 6) is 0.764. The summed E-state index contributed by atoms with van der Waals surface area (Å²) in [6.45, 7) is 3.93. The SMILES string of the molecule is c1cncc(-c2cncc3[nH]c(-c4n[nH]c5ncc(-c6cncc(OCCN7CCCC7)c6)cc45)cc23)c1. The summed E-state index contributed by atoms with van der Waals surface area (Å²) >= 11 is 0. The molecular formula is C29H26N8O. The number of rotatable bonds is 7. The molecule has 9 nitrogen and oxygen atoms in total. The summed E-state index contributed by atoms with van der Waals surface area (Å²) < 4.78 is 6.02. The molecule has 7 heterocycles. The largest absolute Gasteiger partial charge is 0.491 e. The van der Waals surface area contributed by atoms with Crippen molar-refractivity contribution in [3.8, 4) is 39.4 Å². The molecule has 1 aliphatic heterocycles. The Bertz CT molecular complexity index is 1720. The van der Waals surface area contributed by atoms with E-state index >= 15 is 0 Å². The van der Waals surface area contributed by atoms with Gasteiger partial charge in [0.1, 0.15) is 18.1 Å². The van der Waals surface area contributed by atoms with E-state index in [1.807, 2.05) is 49.2 Å². The van der Waals surface area contributed by atoms with Crippen molar-refractivity contribution >= 4 is 21.9 Å². The Morgan fingerprint density at radius 2 is 1.71 bits per heavy atom. The van der Waals surface area contributed by atoms with Crippen LogP contribution in [0.2, 0.25) is 0 Å². The summed E-state index contributed by atoms with van der Waals surface area (Å²) in [7, 11) is 0. The van der Waals surface area contributed by atoms with Crippen LogP contribution in [-0.2, 0) is 0 Å². The zero-order valence-corrected chi connectivity index (χ0v) is 20.8. The Morgan fingerprint density at radius 3 is 2.61 bits per heavy atom. The highest BCUT2D eigenvalue weighted by Crippen LogP contribution is 2.34. The monoisotopic (exact) mass is 502 g/mol. The average Bonchev–Trinajstić information content (AvgIpc) is 3.73. The molecule has 0 aromatic carbocycles. The lowest BCUT2D eigenvalue weighted by molar-refractivity contribution is 0.237. The van der Waals surface area contributed by atoms with Crippen LogP contribution in [0.1, 0.15) is 12.8 Å². The van der Waals surface area contributed by atoms with Crippen molar-refractivity contribution in [2.75, 3.05) is 26.2 Å². The number of aromatic nitrogens is 7. The topological polar surface area (TPSA) is 108 Å². The minimum Gasteiger partial charge on any atom is -0.491 e. The van der Waals surface area contributed by atoms with E-state index in [-0.39, 0.29) is 0 Å². The molecule has 38 heavy (non-hydrogen) atoms. The van der Waals surface area contributed by atoms with E-state index in [0.29, 0.717) is 6.61 Å². The standard InChI is InChI=1S/C29H26N8O/c1-2-7-37(6-1)8-9-38-22-10-20(14-31-16-22)21-11-24-28(35-36-29(24)33-15-21)26-12-23-25(17-32-18-27(23)34-26)19-4-3-5-30-13-19/h3-5,10-18,34H,1-2,6-9H2,(H,33,35,36). The van der Waals surface area contributed by atoms with Gasteiger partial charge >= 0.3 is 0 Å². The van der Waals surface area contributed by atoms with Gasteiger partial charge in [-0.05, 0) is 50.2 Å². The van der Waals surface area contributed by atoms with Gasteiger partial charge < -0.3 is 9.72 Å². The number of hydrogen-bond acceptors (Lipinski definition) is 7. The van der Waals surface area contributed by atoms with Crippen LogP contribution >= 0.6 is 0 Å². The lowest BCUT2D eigenvalue weighted by Crippen LogP contribution is -2.25. The first-order valence-corrected chi connectivity index (χ1v) is 12.8. The maximum Gasteiger partial charge on any atom is 0.155 e. The molecule has 0 unspecified atom stereocenters. The van der Waals surface area contributed by atoms with Crippen LogP contribution in [0.5, 0.6) is 5.75 Å². The maximum atomic E-state index is 6.02. The molecule has 9 heteroatoms. The fourth-order valence-corrected chi connectivity index (χ4v) is 5.15. The van der Waals surface area contributed by atoms with Gasteiger partial charge in [-0.2, -0.15) is 5.10 Å². The summed E-state index contributed by atoms with van der Waals surface area (Å²) in [6.07, 6.45) is 15.3. The number of fused-ring (bicyclic) bond motifs is 2. The van der Waals surface area contributed by atoms with Gasteiger partial charge in [0.05, 0.1) is 23.6 Å². The second kappa shape index (κ2) is 9.68. The first-order chi connectivity index (χ1) is 18.8. The molecule has 0 atom stereocenters. The van der Waals surface area contributed by atoms with Gasteiger partial charge in [-0.1, -0.05) is 6.07 Å². The van der Waals surface area contributed by atoms with E-state index in [1.165, 1.54) is 12.8 Å². The van der Waals surface area contributed by atoms with Gasteiger partial charge in [-0.15, -0.1) is 0 Å². The van der Waals surface area contributed by atoms with E-state index in [2.05, 4.69) is 52.1 Å². The summed E-state index contributed by atoms with van der Waals surface area (Å²) in [6, 6.07) is 10.2. The minimum absolute atomic E-state index is 0.657. The molecule has 0 radical (unpaired) electrons. The van der Waals surface area contributed by atoms with Crippen molar-refractivity contribution in [3.63, 3.8) is 0 Å². The number of nitrogens with zero attached hydrogens (tertiary/aromatic N) is 6. The molecule has 6 aromatic heterocycles. The Labute approximate surface area is 219 Å². The van der Waals surface area contributed by atoms with Crippen LogP contribution < -0.4 is 4.74 Å². The number of pyridine rings is 4. The summed E-state index contributed by atoms with van der Waals surface area (Å²) in [5.41, 5.74) is 7.28. The van der Waals surface area contributed by atoms with Crippen LogP contribution in [-0.4, -0.2) is 66.3 Å². The highest BCUT2D eigenvalue weighted by molar-refractivity contribution is 6.00. The third-order valence-corrected chi connectivity index (χ3v) is 7.11. The highest BCUT2D eigenvalue weighted by Gasteiger charge is 2.16. The van der Waals surface area contributed by atoms with E-state index in [0.717, 1.165) is 81.0 Å². The molecule has 2 N–H and O–H groups in total. The van der Waals surface area contributed by atoms with Crippen molar-refractivity contribution < 1.29 is 4.74 Å². The zero-order chi connectivity index (χ0) is 25.3. The number of H-pyrrole nitrogens is 2. The predicted octanol–water partition coefficient (Wildman–Crippen LogP) is 5.10. The van der Waals surface area contributed by atoms with Crippen molar-refractivity contribution in [1.82, 2.24) is 40.0 Å². The first-order valence-electron chi connectivity index (χ1n) is 12.8. The van der Waals surface area contributed by atoms with Gasteiger partial charge in [-0.3, -0.25) is 25.0 Å². The van der Waals surface area contributed by atoms with Gasteiger partial charge in [-0.25, -0.2) is 4.98 Å². The number of hydrogen-bond donors (Lipinski definition) is 2.